The van der Waals surface area contributed by atoms with Crippen LogP contribution in [-0.4, -0.2) is 37.7 Å². The Morgan fingerprint density at radius 1 is 1.10 bits per heavy atom. The molecule has 1 atom stereocenters. The van der Waals surface area contributed by atoms with Gasteiger partial charge in [-0.05, 0) is 56.8 Å². The molecular weight excluding hydrogens is 411 g/mol. The summed E-state index contributed by atoms with van der Waals surface area (Å²) in [5.74, 6) is 1.02. The van der Waals surface area contributed by atoms with Gasteiger partial charge in [0.15, 0.2) is 0 Å². The van der Waals surface area contributed by atoms with Crippen LogP contribution in [0.4, 0.5) is 4.39 Å². The van der Waals surface area contributed by atoms with Crippen molar-refractivity contribution in [3.8, 4) is 5.88 Å². The number of thiazole rings is 1. The third kappa shape index (κ3) is 3.95. The maximum absolute atomic E-state index is 14.9. The molecule has 1 N–H and O–H groups in total. The molecule has 0 spiro atoms. The predicted molar refractivity (Wildman–Crippen MR) is 120 cm³/mol. The van der Waals surface area contributed by atoms with Crippen LogP contribution < -0.4 is 0 Å². The normalized spacial score (nSPS) is 16.7. The number of aromatic hydroxyl groups is 1. The van der Waals surface area contributed by atoms with Gasteiger partial charge in [-0.15, -0.1) is 5.10 Å². The van der Waals surface area contributed by atoms with Crippen LogP contribution >= 0.6 is 11.3 Å². The number of rotatable bonds is 5. The van der Waals surface area contributed by atoms with E-state index < -0.39 is 0 Å². The van der Waals surface area contributed by atoms with Crippen molar-refractivity contribution in [1.29, 1.82) is 0 Å². The first-order valence-electron chi connectivity index (χ1n) is 10.7. The number of likely N-dealkylation sites (tertiary alicyclic amines) is 1. The van der Waals surface area contributed by atoms with Crippen LogP contribution in [0.2, 0.25) is 0 Å². The highest BCUT2D eigenvalue weighted by Crippen LogP contribution is 2.42. The van der Waals surface area contributed by atoms with E-state index in [1.807, 2.05) is 18.2 Å². The van der Waals surface area contributed by atoms with Crippen LogP contribution in [0.3, 0.4) is 0 Å². The van der Waals surface area contributed by atoms with Crippen LogP contribution in [0.15, 0.2) is 54.6 Å². The highest BCUT2D eigenvalue weighted by molar-refractivity contribution is 7.17. The van der Waals surface area contributed by atoms with Crippen molar-refractivity contribution in [3.05, 3.63) is 82.2 Å². The van der Waals surface area contributed by atoms with E-state index in [1.165, 1.54) is 27.5 Å². The minimum atomic E-state index is -0.354. The van der Waals surface area contributed by atoms with Crippen molar-refractivity contribution in [2.75, 3.05) is 13.1 Å². The van der Waals surface area contributed by atoms with E-state index in [4.69, 9.17) is 0 Å². The predicted octanol–water partition coefficient (Wildman–Crippen LogP) is 4.99. The van der Waals surface area contributed by atoms with Gasteiger partial charge in [0.05, 0.1) is 10.9 Å². The maximum Gasteiger partial charge on any atom is 0.230 e. The van der Waals surface area contributed by atoms with Crippen LogP contribution in [0.1, 0.15) is 40.7 Å². The molecule has 0 amide bonds. The number of fused-ring (bicyclic) bond motifs is 1. The van der Waals surface area contributed by atoms with E-state index in [0.717, 1.165) is 32.4 Å². The molecule has 160 valence electrons. The van der Waals surface area contributed by atoms with Gasteiger partial charge >= 0.3 is 0 Å². The molecule has 0 aliphatic carbocycles. The third-order valence-corrected chi connectivity index (χ3v) is 7.21. The van der Waals surface area contributed by atoms with Crippen LogP contribution in [-0.2, 0) is 6.42 Å². The summed E-state index contributed by atoms with van der Waals surface area (Å²) in [6.45, 7) is 3.50. The second kappa shape index (κ2) is 8.40. The molecule has 4 aromatic rings. The Labute approximate surface area is 184 Å². The molecule has 1 fully saturated rings. The number of hydrogen-bond donors (Lipinski definition) is 1. The smallest absolute Gasteiger partial charge is 0.230 e. The fourth-order valence-corrected chi connectivity index (χ4v) is 5.74. The van der Waals surface area contributed by atoms with Crippen LogP contribution in [0.5, 0.6) is 5.88 Å². The van der Waals surface area contributed by atoms with Gasteiger partial charge < -0.3 is 5.11 Å². The van der Waals surface area contributed by atoms with Crippen molar-refractivity contribution in [2.45, 2.75) is 32.2 Å². The maximum atomic E-state index is 14.9. The summed E-state index contributed by atoms with van der Waals surface area (Å²) in [4.78, 5) is 8.01. The first-order chi connectivity index (χ1) is 15.1. The first kappa shape index (κ1) is 20.2. The van der Waals surface area contributed by atoms with Crippen molar-refractivity contribution in [1.82, 2.24) is 19.5 Å². The number of aryl methyl sites for hydroxylation is 1. The van der Waals surface area contributed by atoms with Gasteiger partial charge in [0.2, 0.25) is 10.8 Å². The molecule has 2 aromatic heterocycles. The van der Waals surface area contributed by atoms with Crippen molar-refractivity contribution >= 4 is 16.3 Å². The second-order valence-corrected chi connectivity index (χ2v) is 9.25. The minimum absolute atomic E-state index is 0.0558. The zero-order chi connectivity index (χ0) is 21.4. The average Bonchev–Trinajstić information content (AvgIpc) is 3.29. The second-order valence-electron chi connectivity index (χ2n) is 8.24. The molecule has 1 aliphatic heterocycles. The summed E-state index contributed by atoms with van der Waals surface area (Å²) in [7, 11) is 0. The number of nitrogens with zero attached hydrogens (tertiary/aromatic N) is 4. The zero-order valence-electron chi connectivity index (χ0n) is 17.4. The number of piperidine rings is 1. The molecule has 2 aromatic carbocycles. The fraction of sp³-hybridized carbons (Fsp3) is 0.333. The lowest BCUT2D eigenvalue weighted by Gasteiger charge is -2.37. The van der Waals surface area contributed by atoms with E-state index in [9.17, 15) is 9.50 Å². The molecule has 7 heteroatoms. The minimum Gasteiger partial charge on any atom is -0.492 e. The lowest BCUT2D eigenvalue weighted by atomic mass is 9.88. The van der Waals surface area contributed by atoms with E-state index in [0.29, 0.717) is 27.1 Å². The Kier molecular flexibility index (Phi) is 5.46. The third-order valence-electron chi connectivity index (χ3n) is 6.14. The summed E-state index contributed by atoms with van der Waals surface area (Å²) in [6, 6.07) is 17.1. The number of hydrogen-bond acceptors (Lipinski definition) is 5. The Morgan fingerprint density at radius 2 is 1.81 bits per heavy atom. The zero-order valence-corrected chi connectivity index (χ0v) is 18.2. The SMILES string of the molecule is Cc1nc2sc([C@H](c3ccccc3F)N3CCC(Cc4ccccc4)CC3)c(O)n2n1. The van der Waals surface area contributed by atoms with E-state index >= 15 is 0 Å². The molecule has 0 radical (unpaired) electrons. The first-order valence-corrected chi connectivity index (χ1v) is 11.5. The monoisotopic (exact) mass is 436 g/mol. The van der Waals surface area contributed by atoms with E-state index in [-0.39, 0.29) is 17.7 Å². The van der Waals surface area contributed by atoms with Gasteiger partial charge in [-0.3, -0.25) is 4.90 Å². The van der Waals surface area contributed by atoms with Crippen LogP contribution in [0.25, 0.3) is 4.96 Å². The van der Waals surface area contributed by atoms with E-state index in [2.05, 4.69) is 39.2 Å². The van der Waals surface area contributed by atoms with E-state index in [1.54, 1.807) is 13.0 Å². The Morgan fingerprint density at radius 3 is 2.52 bits per heavy atom. The molecule has 1 aliphatic rings. The average molecular weight is 437 g/mol. The van der Waals surface area contributed by atoms with Crippen LogP contribution in [0, 0.1) is 18.7 Å². The standard InChI is InChI=1S/C24H25FN4OS/c1-16-26-24-29(27-16)23(30)22(31-24)21(19-9-5-6-10-20(19)25)28-13-11-18(12-14-28)15-17-7-3-2-4-8-17/h2-10,18,21,30H,11-15H2,1H3/t21-/m0/s1. The van der Waals surface area contributed by atoms with Gasteiger partial charge in [-0.1, -0.05) is 59.9 Å². The number of halogens is 1. The molecule has 5 rings (SSSR count). The quantitative estimate of drug-likeness (QED) is 0.479. The molecule has 0 unspecified atom stereocenters. The molecule has 5 nitrogen and oxygen atoms in total. The largest absolute Gasteiger partial charge is 0.492 e. The van der Waals surface area contributed by atoms with Gasteiger partial charge in [0.1, 0.15) is 11.6 Å². The lowest BCUT2D eigenvalue weighted by Crippen LogP contribution is -2.38. The van der Waals surface area contributed by atoms with Gasteiger partial charge in [0, 0.05) is 5.56 Å². The van der Waals surface area contributed by atoms with Gasteiger partial charge in [0.25, 0.3) is 0 Å². The fourth-order valence-electron chi connectivity index (χ4n) is 4.59. The summed E-state index contributed by atoms with van der Waals surface area (Å²) >= 11 is 1.38. The highest BCUT2D eigenvalue weighted by atomic mass is 32.1. The molecule has 3 heterocycles. The van der Waals surface area contributed by atoms with Gasteiger partial charge in [-0.2, -0.15) is 4.52 Å². The molecule has 1 saturated heterocycles. The lowest BCUT2D eigenvalue weighted by molar-refractivity contribution is 0.148. The summed E-state index contributed by atoms with van der Waals surface area (Å²) < 4.78 is 16.3. The summed E-state index contributed by atoms with van der Waals surface area (Å²) in [5.41, 5.74) is 1.95. The van der Waals surface area contributed by atoms with Crippen molar-refractivity contribution in [3.63, 3.8) is 0 Å². The number of aromatic nitrogens is 3. The van der Waals surface area contributed by atoms with Crippen molar-refractivity contribution in [2.24, 2.45) is 5.92 Å². The number of benzene rings is 2. The molecular formula is C24H25FN4OS. The highest BCUT2D eigenvalue weighted by Gasteiger charge is 2.33. The topological polar surface area (TPSA) is 53.7 Å². The Balaban J connectivity index is 1.44. The Hall–Kier alpha value is -2.77. The summed E-state index contributed by atoms with van der Waals surface area (Å²) in [5, 5.41) is 15.2. The Bertz CT molecular complexity index is 1180. The van der Waals surface area contributed by atoms with Gasteiger partial charge in [-0.25, -0.2) is 9.37 Å². The molecule has 0 saturated carbocycles. The van der Waals surface area contributed by atoms with Crippen molar-refractivity contribution < 1.29 is 9.50 Å². The summed E-state index contributed by atoms with van der Waals surface area (Å²) in [6.07, 6.45) is 3.15. The molecule has 31 heavy (non-hydrogen) atoms. The molecule has 0 bridgehead atoms.